The number of ketones is 1. The Hall–Kier alpha value is -2.75. The first-order valence-corrected chi connectivity index (χ1v) is 8.78. The van der Waals surface area contributed by atoms with E-state index in [9.17, 15) is 9.90 Å². The summed E-state index contributed by atoms with van der Waals surface area (Å²) in [5, 5.41) is 10.4. The Balaban J connectivity index is 1.92. The molecule has 0 amide bonds. The minimum absolute atomic E-state index is 0.130. The summed E-state index contributed by atoms with van der Waals surface area (Å²) in [5.74, 6) is -0.400. The van der Waals surface area contributed by atoms with Gasteiger partial charge in [-0.1, -0.05) is 91.0 Å². The molecule has 4 rings (SSSR count). The van der Waals surface area contributed by atoms with Crippen molar-refractivity contribution in [3.63, 3.8) is 0 Å². The van der Waals surface area contributed by atoms with E-state index >= 15 is 0 Å². The van der Waals surface area contributed by atoms with Crippen molar-refractivity contribution in [2.75, 3.05) is 0 Å². The number of carbonyl (C=O) groups is 1. The Bertz CT molecular complexity index is 877. The topological polar surface area (TPSA) is 46.5 Å². The zero-order chi connectivity index (χ0) is 18.0. The third-order valence-corrected chi connectivity index (χ3v) is 5.03. The van der Waals surface area contributed by atoms with E-state index in [2.05, 4.69) is 0 Å². The lowest BCUT2D eigenvalue weighted by atomic mass is 9.73. The van der Waals surface area contributed by atoms with E-state index in [-0.39, 0.29) is 11.7 Å². The van der Waals surface area contributed by atoms with Crippen LogP contribution in [-0.2, 0) is 10.3 Å². The van der Waals surface area contributed by atoms with Crippen LogP contribution in [0.15, 0.2) is 91.0 Å². The molecule has 130 valence electrons. The predicted octanol–water partition coefficient (Wildman–Crippen LogP) is 4.29. The smallest absolute Gasteiger partial charge is 0.199 e. The van der Waals surface area contributed by atoms with Crippen molar-refractivity contribution in [2.45, 2.75) is 24.2 Å². The number of carbonyl (C=O) groups excluding carboxylic acids is 1. The number of Topliss-reactive ketones (excluding diaryl/α,β-unsaturated/α-hetero) is 1. The molecule has 1 aliphatic heterocycles. The van der Waals surface area contributed by atoms with E-state index in [1.807, 2.05) is 78.9 Å². The minimum atomic E-state index is -1.25. The monoisotopic (exact) mass is 344 g/mol. The third-order valence-electron chi connectivity index (χ3n) is 5.03. The van der Waals surface area contributed by atoms with Gasteiger partial charge in [0, 0.05) is 17.9 Å². The van der Waals surface area contributed by atoms with Crippen LogP contribution in [0.2, 0.25) is 0 Å². The molecule has 1 saturated heterocycles. The second-order valence-electron chi connectivity index (χ2n) is 6.57. The molecular formula is C23H20O3. The summed E-state index contributed by atoms with van der Waals surface area (Å²) in [7, 11) is 0. The van der Waals surface area contributed by atoms with E-state index in [4.69, 9.17) is 4.74 Å². The van der Waals surface area contributed by atoms with Gasteiger partial charge in [-0.2, -0.15) is 0 Å². The number of aliphatic hydroxyl groups excluding tert-OH is 1. The van der Waals surface area contributed by atoms with Gasteiger partial charge < -0.3 is 9.84 Å². The SMILES string of the molecule is O=C(c1ccccc1)[C@@]1(c2ccccc2)O[C@@H](O)C[C@@H]1c1ccccc1. The lowest BCUT2D eigenvalue weighted by molar-refractivity contribution is -0.125. The van der Waals surface area contributed by atoms with E-state index in [0.29, 0.717) is 12.0 Å². The molecule has 0 aromatic heterocycles. The maximum atomic E-state index is 13.7. The highest BCUT2D eigenvalue weighted by Crippen LogP contribution is 2.51. The normalized spacial score (nSPS) is 25.1. The number of aliphatic hydroxyl groups is 1. The first-order valence-electron chi connectivity index (χ1n) is 8.78. The highest BCUT2D eigenvalue weighted by Gasteiger charge is 2.55. The van der Waals surface area contributed by atoms with Crippen LogP contribution in [-0.4, -0.2) is 17.2 Å². The Labute approximate surface area is 152 Å². The van der Waals surface area contributed by atoms with Crippen LogP contribution in [0, 0.1) is 0 Å². The number of ether oxygens (including phenoxy) is 1. The van der Waals surface area contributed by atoms with Crippen LogP contribution in [0.5, 0.6) is 0 Å². The summed E-state index contributed by atoms with van der Waals surface area (Å²) in [6.07, 6.45) is -0.620. The molecule has 0 bridgehead atoms. The van der Waals surface area contributed by atoms with Gasteiger partial charge in [0.1, 0.15) is 0 Å². The molecule has 26 heavy (non-hydrogen) atoms. The van der Waals surface area contributed by atoms with E-state index < -0.39 is 11.9 Å². The number of hydrogen-bond acceptors (Lipinski definition) is 3. The molecule has 3 nitrogen and oxygen atoms in total. The van der Waals surface area contributed by atoms with Crippen LogP contribution in [0.1, 0.15) is 33.8 Å². The Morgan fingerprint density at radius 2 is 1.38 bits per heavy atom. The first-order chi connectivity index (χ1) is 12.7. The standard InChI is InChI=1S/C23H20O3/c24-21-16-20(17-10-4-1-5-11-17)23(26-21,19-14-8-3-9-15-19)22(25)18-12-6-2-7-13-18/h1-15,20-21,24H,16H2/t20-,21-,23+/m1/s1. The van der Waals surface area contributed by atoms with Gasteiger partial charge >= 0.3 is 0 Å². The summed E-state index contributed by atoms with van der Waals surface area (Å²) >= 11 is 0. The molecule has 3 heteroatoms. The Kier molecular flexibility index (Phi) is 4.41. The van der Waals surface area contributed by atoms with Gasteiger partial charge in [0.15, 0.2) is 17.7 Å². The summed E-state index contributed by atoms with van der Waals surface area (Å²) in [6.45, 7) is 0. The highest BCUT2D eigenvalue weighted by atomic mass is 16.6. The molecule has 0 aliphatic carbocycles. The molecule has 3 aromatic carbocycles. The van der Waals surface area contributed by atoms with Crippen LogP contribution in [0.25, 0.3) is 0 Å². The molecule has 3 atom stereocenters. The number of benzene rings is 3. The van der Waals surface area contributed by atoms with Gasteiger partial charge in [-0.25, -0.2) is 0 Å². The molecular weight excluding hydrogens is 324 g/mol. The van der Waals surface area contributed by atoms with Crippen molar-refractivity contribution in [2.24, 2.45) is 0 Å². The quantitative estimate of drug-likeness (QED) is 0.718. The molecule has 1 N–H and O–H groups in total. The zero-order valence-electron chi connectivity index (χ0n) is 14.3. The minimum Gasteiger partial charge on any atom is -0.368 e. The number of rotatable bonds is 4. The first kappa shape index (κ1) is 16.7. The van der Waals surface area contributed by atoms with Crippen molar-refractivity contribution in [1.29, 1.82) is 0 Å². The summed E-state index contributed by atoms with van der Waals surface area (Å²) in [5.41, 5.74) is 1.08. The summed E-state index contributed by atoms with van der Waals surface area (Å²) in [6, 6.07) is 28.5. The lowest BCUT2D eigenvalue weighted by Gasteiger charge is -2.34. The zero-order valence-corrected chi connectivity index (χ0v) is 14.3. The van der Waals surface area contributed by atoms with Crippen LogP contribution >= 0.6 is 0 Å². The van der Waals surface area contributed by atoms with Gasteiger partial charge in [0.05, 0.1) is 0 Å². The maximum absolute atomic E-state index is 13.7. The van der Waals surface area contributed by atoms with Crippen molar-refractivity contribution < 1.29 is 14.6 Å². The summed E-state index contributed by atoms with van der Waals surface area (Å²) < 4.78 is 6.02. The average Bonchev–Trinajstić information content (AvgIpc) is 3.08. The van der Waals surface area contributed by atoms with E-state index in [1.165, 1.54) is 0 Å². The molecule has 0 spiro atoms. The second-order valence-corrected chi connectivity index (χ2v) is 6.57. The molecule has 1 heterocycles. The predicted molar refractivity (Wildman–Crippen MR) is 99.8 cm³/mol. The lowest BCUT2D eigenvalue weighted by Crippen LogP contribution is -2.40. The van der Waals surface area contributed by atoms with E-state index in [1.54, 1.807) is 12.1 Å². The van der Waals surface area contributed by atoms with Gasteiger partial charge in [-0.05, 0) is 11.1 Å². The van der Waals surface area contributed by atoms with Gasteiger partial charge in [0.25, 0.3) is 0 Å². The highest BCUT2D eigenvalue weighted by molar-refractivity contribution is 6.04. The van der Waals surface area contributed by atoms with Crippen molar-refractivity contribution in [1.82, 2.24) is 0 Å². The molecule has 1 aliphatic rings. The second kappa shape index (κ2) is 6.87. The van der Waals surface area contributed by atoms with Gasteiger partial charge in [-0.3, -0.25) is 4.79 Å². The largest absolute Gasteiger partial charge is 0.368 e. The maximum Gasteiger partial charge on any atom is 0.199 e. The fourth-order valence-electron chi connectivity index (χ4n) is 3.87. The Morgan fingerprint density at radius 3 is 2.00 bits per heavy atom. The van der Waals surface area contributed by atoms with E-state index in [0.717, 1.165) is 11.1 Å². The van der Waals surface area contributed by atoms with Gasteiger partial charge in [-0.15, -0.1) is 0 Å². The molecule has 0 radical (unpaired) electrons. The molecule has 0 saturated carbocycles. The fraction of sp³-hybridized carbons (Fsp3) is 0.174. The van der Waals surface area contributed by atoms with Crippen molar-refractivity contribution in [3.05, 3.63) is 108 Å². The van der Waals surface area contributed by atoms with Crippen LogP contribution in [0.4, 0.5) is 0 Å². The third kappa shape index (κ3) is 2.75. The van der Waals surface area contributed by atoms with Gasteiger partial charge in [0.2, 0.25) is 0 Å². The average molecular weight is 344 g/mol. The Morgan fingerprint density at radius 1 is 0.846 bits per heavy atom. The molecule has 3 aromatic rings. The fourth-order valence-corrected chi connectivity index (χ4v) is 3.87. The summed E-state index contributed by atoms with van der Waals surface area (Å²) in [4.78, 5) is 13.7. The molecule has 0 unspecified atom stereocenters. The number of hydrogen-bond donors (Lipinski definition) is 1. The van der Waals surface area contributed by atoms with Crippen molar-refractivity contribution >= 4 is 5.78 Å². The van der Waals surface area contributed by atoms with Crippen LogP contribution < -0.4 is 0 Å². The van der Waals surface area contributed by atoms with Crippen molar-refractivity contribution in [3.8, 4) is 0 Å². The molecule has 1 fully saturated rings. The van der Waals surface area contributed by atoms with Crippen LogP contribution in [0.3, 0.4) is 0 Å².